The third-order valence-electron chi connectivity index (χ3n) is 5.28. The van der Waals surface area contributed by atoms with Crippen LogP contribution in [0, 0.1) is 6.92 Å². The lowest BCUT2D eigenvalue weighted by molar-refractivity contribution is -0.193. The second-order valence-corrected chi connectivity index (χ2v) is 9.83. The van der Waals surface area contributed by atoms with Crippen LogP contribution in [0.5, 0.6) is 0 Å². The highest BCUT2D eigenvalue weighted by molar-refractivity contribution is 7.16. The van der Waals surface area contributed by atoms with Gasteiger partial charge in [-0.2, -0.15) is 26.3 Å². The van der Waals surface area contributed by atoms with E-state index in [0.717, 1.165) is 24.6 Å². The summed E-state index contributed by atoms with van der Waals surface area (Å²) in [6, 6.07) is 8.10. The molecule has 0 saturated carbocycles. The van der Waals surface area contributed by atoms with Crippen LogP contribution >= 0.6 is 11.3 Å². The number of hydrogen-bond acceptors (Lipinski definition) is 8. The fourth-order valence-electron chi connectivity index (χ4n) is 3.53. The van der Waals surface area contributed by atoms with Crippen molar-refractivity contribution in [2.45, 2.75) is 31.4 Å². The molecule has 0 radical (unpaired) electrons. The Morgan fingerprint density at radius 1 is 1.07 bits per heavy atom. The Bertz CT molecular complexity index is 1120. The molecule has 2 aromatic rings. The van der Waals surface area contributed by atoms with E-state index in [4.69, 9.17) is 29.3 Å². The summed E-state index contributed by atoms with van der Waals surface area (Å²) in [5.41, 5.74) is 0.673. The number of alkyl halides is 6. The maximum absolute atomic E-state index is 12.4. The highest BCUT2D eigenvalue weighted by atomic mass is 32.1. The number of aliphatic carboxylic acids is 2. The van der Waals surface area contributed by atoms with Crippen molar-refractivity contribution < 1.29 is 60.4 Å². The number of amides is 1. The number of aromatic nitrogens is 1. The molecular formula is C23H25F6N3O7S. The predicted molar refractivity (Wildman–Crippen MR) is 128 cm³/mol. The zero-order chi connectivity index (χ0) is 30.1. The van der Waals surface area contributed by atoms with Gasteiger partial charge in [0.25, 0.3) is 5.91 Å². The van der Waals surface area contributed by atoms with Gasteiger partial charge in [-0.05, 0) is 30.7 Å². The number of carboxylic acid groups (broad SMARTS) is 2. The quantitative estimate of drug-likeness (QED) is 0.509. The van der Waals surface area contributed by atoms with E-state index in [0.29, 0.717) is 19.8 Å². The maximum Gasteiger partial charge on any atom is 0.490 e. The number of hydrogen-bond donors (Lipinski definition) is 2. The van der Waals surface area contributed by atoms with Crippen LogP contribution in [0.25, 0.3) is 0 Å². The fraction of sp³-hybridized carbons (Fsp3) is 0.478. The third-order valence-corrected chi connectivity index (χ3v) is 6.31. The van der Waals surface area contributed by atoms with Crippen molar-refractivity contribution in [2.75, 3.05) is 44.4 Å². The summed E-state index contributed by atoms with van der Waals surface area (Å²) in [6.07, 6.45) is -6.49. The Labute approximate surface area is 227 Å². The van der Waals surface area contributed by atoms with Crippen LogP contribution in [0.1, 0.15) is 10.4 Å². The molecule has 40 heavy (non-hydrogen) atoms. The molecule has 2 aliphatic rings. The molecule has 1 unspecified atom stereocenters. The van der Waals surface area contributed by atoms with Crippen molar-refractivity contribution in [3.05, 3.63) is 47.1 Å². The van der Waals surface area contributed by atoms with Gasteiger partial charge in [-0.1, -0.05) is 6.07 Å². The molecule has 0 aromatic carbocycles. The Morgan fingerprint density at radius 2 is 1.70 bits per heavy atom. The number of rotatable bonds is 3. The molecule has 0 aliphatic carbocycles. The molecule has 10 nitrogen and oxygen atoms in total. The first-order valence-electron chi connectivity index (χ1n) is 11.3. The summed E-state index contributed by atoms with van der Waals surface area (Å²) in [5, 5.41) is 15.2. The van der Waals surface area contributed by atoms with E-state index in [2.05, 4.69) is 22.9 Å². The lowest BCUT2D eigenvalue weighted by Crippen LogP contribution is -2.60. The lowest BCUT2D eigenvalue weighted by atomic mass is 10.0. The van der Waals surface area contributed by atoms with Gasteiger partial charge in [0.2, 0.25) is 0 Å². The number of carbonyl (C=O) groups excluding carboxylic acids is 1. The summed E-state index contributed by atoms with van der Waals surface area (Å²) < 4.78 is 75.4. The van der Waals surface area contributed by atoms with E-state index < -0.39 is 29.9 Å². The second kappa shape index (κ2) is 13.9. The van der Waals surface area contributed by atoms with Crippen LogP contribution in [-0.4, -0.2) is 95.4 Å². The van der Waals surface area contributed by atoms with Crippen LogP contribution < -0.4 is 4.90 Å². The summed E-state index contributed by atoms with van der Waals surface area (Å²) >= 11 is 1.64. The van der Waals surface area contributed by atoms with E-state index in [-0.39, 0.29) is 12.5 Å². The predicted octanol–water partition coefficient (Wildman–Crippen LogP) is 3.35. The molecule has 4 heterocycles. The normalized spacial score (nSPS) is 20.1. The first-order chi connectivity index (χ1) is 18.5. The zero-order valence-corrected chi connectivity index (χ0v) is 21.7. The first-order valence-corrected chi connectivity index (χ1v) is 12.1. The Hall–Kier alpha value is -3.28. The highest BCUT2D eigenvalue weighted by Gasteiger charge is 2.43. The molecule has 2 aromatic heterocycles. The van der Waals surface area contributed by atoms with Gasteiger partial charge in [0.05, 0.1) is 24.8 Å². The van der Waals surface area contributed by atoms with Gasteiger partial charge in [0, 0.05) is 36.9 Å². The number of ether oxygens (including phenoxy) is 2. The van der Waals surface area contributed by atoms with Crippen molar-refractivity contribution in [3.63, 3.8) is 0 Å². The number of nitrogens with zero attached hydrogens (tertiary/aromatic N) is 3. The minimum absolute atomic E-state index is 0.0144. The third kappa shape index (κ3) is 10.4. The van der Waals surface area contributed by atoms with E-state index >= 15 is 0 Å². The van der Waals surface area contributed by atoms with E-state index in [1.807, 2.05) is 29.3 Å². The molecular weight excluding hydrogens is 576 g/mol. The number of anilines is 1. The molecule has 1 atom stereocenters. The van der Waals surface area contributed by atoms with Crippen molar-refractivity contribution in [1.82, 2.24) is 9.88 Å². The molecule has 2 N–H and O–H groups in total. The SMILES string of the molecule is Cc1ccc(N2CC3(COCCN(Cc4cccnc4)C3)OCC2=O)s1.O=C(O)C(F)(F)F.O=C(O)C(F)(F)F. The highest BCUT2D eigenvalue weighted by Crippen LogP contribution is 2.32. The van der Waals surface area contributed by atoms with Gasteiger partial charge in [0.1, 0.15) is 12.2 Å². The number of morpholine rings is 1. The van der Waals surface area contributed by atoms with E-state index in [1.165, 1.54) is 10.4 Å². The van der Waals surface area contributed by atoms with Crippen molar-refractivity contribution in [2.24, 2.45) is 0 Å². The molecule has 2 saturated heterocycles. The van der Waals surface area contributed by atoms with Gasteiger partial charge < -0.3 is 19.7 Å². The molecule has 2 fully saturated rings. The van der Waals surface area contributed by atoms with Crippen LogP contribution in [0.3, 0.4) is 0 Å². The number of pyridine rings is 1. The van der Waals surface area contributed by atoms with Gasteiger partial charge in [-0.15, -0.1) is 11.3 Å². The summed E-state index contributed by atoms with van der Waals surface area (Å²) in [7, 11) is 0. The largest absolute Gasteiger partial charge is 0.490 e. The van der Waals surface area contributed by atoms with Gasteiger partial charge in [-0.3, -0.25) is 19.6 Å². The maximum atomic E-state index is 12.4. The smallest absolute Gasteiger partial charge is 0.475 e. The van der Waals surface area contributed by atoms with Crippen LogP contribution in [0.2, 0.25) is 0 Å². The van der Waals surface area contributed by atoms with Gasteiger partial charge in [0.15, 0.2) is 0 Å². The molecule has 4 rings (SSSR count). The van der Waals surface area contributed by atoms with E-state index in [9.17, 15) is 31.1 Å². The lowest BCUT2D eigenvalue weighted by Gasteiger charge is -2.42. The van der Waals surface area contributed by atoms with E-state index in [1.54, 1.807) is 17.5 Å². The average Bonchev–Trinajstić information content (AvgIpc) is 3.20. The molecule has 1 spiro atoms. The number of aryl methyl sites for hydroxylation is 1. The molecule has 0 bridgehead atoms. The Kier molecular flexibility index (Phi) is 11.4. The van der Waals surface area contributed by atoms with Crippen LogP contribution in [0.4, 0.5) is 31.3 Å². The number of thiophene rings is 1. The fourth-order valence-corrected chi connectivity index (χ4v) is 4.41. The van der Waals surface area contributed by atoms with Crippen LogP contribution in [-0.2, 0) is 30.4 Å². The molecule has 1 amide bonds. The average molecular weight is 602 g/mol. The van der Waals surface area contributed by atoms with Gasteiger partial charge >= 0.3 is 24.3 Å². The standard InChI is InChI=1S/C19H23N3O3S.2C2HF3O2/c1-15-4-5-18(26-15)22-13-19(25-11-17(22)23)12-21(7-8-24-14-19)10-16-3-2-6-20-9-16;2*3-2(4,5)1(6)7/h2-6,9H,7-8,10-14H2,1H3;2*(H,6,7). The summed E-state index contributed by atoms with van der Waals surface area (Å²) in [4.78, 5) is 39.8. The minimum Gasteiger partial charge on any atom is -0.475 e. The number of carboxylic acids is 2. The topological polar surface area (TPSA) is 130 Å². The molecule has 17 heteroatoms. The van der Waals surface area contributed by atoms with Crippen molar-refractivity contribution >= 4 is 34.2 Å². The number of halogens is 6. The van der Waals surface area contributed by atoms with Crippen molar-refractivity contribution in [3.8, 4) is 0 Å². The van der Waals surface area contributed by atoms with Gasteiger partial charge in [-0.25, -0.2) is 9.59 Å². The number of carbonyl (C=O) groups is 3. The zero-order valence-electron chi connectivity index (χ0n) is 20.9. The van der Waals surface area contributed by atoms with Crippen molar-refractivity contribution in [1.29, 1.82) is 0 Å². The van der Waals surface area contributed by atoms with Crippen LogP contribution in [0.15, 0.2) is 36.7 Å². The molecule has 222 valence electrons. The summed E-state index contributed by atoms with van der Waals surface area (Å²) in [5.74, 6) is -5.50. The second-order valence-electron chi connectivity index (χ2n) is 8.57. The monoisotopic (exact) mass is 601 g/mol. The minimum atomic E-state index is -5.08. The Morgan fingerprint density at radius 3 is 2.20 bits per heavy atom. The Balaban J connectivity index is 0.000000333. The first kappa shape index (κ1) is 32.9. The summed E-state index contributed by atoms with van der Waals surface area (Å²) in [6.45, 7) is 6.22. The molecule has 2 aliphatic heterocycles.